The van der Waals surface area contributed by atoms with Gasteiger partial charge in [0.2, 0.25) is 0 Å². The first-order chi connectivity index (χ1) is 8.63. The highest BCUT2D eigenvalue weighted by Gasteiger charge is 2.16. The second kappa shape index (κ2) is 5.07. The molecular weight excluding hydrogens is 236 g/mol. The van der Waals surface area contributed by atoms with Crippen LogP contribution in [0.1, 0.15) is 10.6 Å². The number of benzene rings is 1. The molecule has 6 heteroatoms. The van der Waals surface area contributed by atoms with Crippen molar-refractivity contribution in [3.05, 3.63) is 30.0 Å². The largest absolute Gasteiger partial charge is 0.451 e. The van der Waals surface area contributed by atoms with Crippen molar-refractivity contribution in [1.29, 1.82) is 0 Å². The number of nitrogens with one attached hydrogen (secondary N) is 1. The van der Waals surface area contributed by atoms with Gasteiger partial charge in [0.1, 0.15) is 5.58 Å². The first-order valence-electron chi connectivity index (χ1n) is 5.45. The van der Waals surface area contributed by atoms with E-state index in [2.05, 4.69) is 5.32 Å². The molecule has 1 aromatic carbocycles. The summed E-state index contributed by atoms with van der Waals surface area (Å²) >= 11 is 0. The number of hydrogen-bond acceptors (Lipinski definition) is 5. The summed E-state index contributed by atoms with van der Waals surface area (Å²) in [6, 6.07) is 5.92. The van der Waals surface area contributed by atoms with E-state index in [4.69, 9.17) is 20.4 Å². The summed E-state index contributed by atoms with van der Waals surface area (Å²) in [5.74, 6) is -0.375. The summed E-state index contributed by atoms with van der Waals surface area (Å²) < 4.78 is 5.34. The van der Waals surface area contributed by atoms with E-state index in [9.17, 15) is 4.79 Å². The predicted octanol–water partition coefficient (Wildman–Crippen LogP) is 0.0980. The van der Waals surface area contributed by atoms with Crippen molar-refractivity contribution in [2.45, 2.75) is 6.04 Å². The van der Waals surface area contributed by atoms with Gasteiger partial charge in [0, 0.05) is 11.1 Å². The molecule has 0 saturated heterocycles. The third-order valence-electron chi connectivity index (χ3n) is 2.54. The van der Waals surface area contributed by atoms with Crippen LogP contribution in [0.5, 0.6) is 0 Å². The van der Waals surface area contributed by atoms with Crippen LogP contribution >= 0.6 is 0 Å². The Bertz CT molecular complexity index is 560. The summed E-state index contributed by atoms with van der Waals surface area (Å²) in [7, 11) is 0. The van der Waals surface area contributed by atoms with Gasteiger partial charge in [-0.15, -0.1) is 0 Å². The van der Waals surface area contributed by atoms with Gasteiger partial charge >= 0.3 is 0 Å². The number of aliphatic hydroxyl groups excluding tert-OH is 2. The maximum atomic E-state index is 11.8. The average Bonchev–Trinajstić information content (AvgIpc) is 2.78. The van der Waals surface area contributed by atoms with Gasteiger partial charge in [-0.3, -0.25) is 4.79 Å². The van der Waals surface area contributed by atoms with E-state index in [1.807, 2.05) is 0 Å². The molecule has 0 saturated carbocycles. The van der Waals surface area contributed by atoms with Crippen LogP contribution in [0.3, 0.4) is 0 Å². The van der Waals surface area contributed by atoms with Crippen molar-refractivity contribution < 1.29 is 19.4 Å². The van der Waals surface area contributed by atoms with Crippen molar-refractivity contribution in [3.8, 4) is 0 Å². The smallest absolute Gasteiger partial charge is 0.287 e. The predicted molar refractivity (Wildman–Crippen MR) is 66.1 cm³/mol. The van der Waals surface area contributed by atoms with Gasteiger partial charge in [0.25, 0.3) is 5.91 Å². The Morgan fingerprint density at radius 1 is 1.33 bits per heavy atom. The van der Waals surface area contributed by atoms with Gasteiger partial charge in [0.05, 0.1) is 19.3 Å². The Hall–Kier alpha value is -2.05. The monoisotopic (exact) mass is 250 g/mol. The van der Waals surface area contributed by atoms with E-state index >= 15 is 0 Å². The van der Waals surface area contributed by atoms with Crippen LogP contribution in [0, 0.1) is 0 Å². The van der Waals surface area contributed by atoms with Gasteiger partial charge in [-0.1, -0.05) is 0 Å². The number of nitrogens with two attached hydrogens (primary N) is 1. The zero-order chi connectivity index (χ0) is 13.1. The number of fused-ring (bicyclic) bond motifs is 1. The Labute approximate surface area is 103 Å². The molecule has 5 N–H and O–H groups in total. The molecule has 0 spiro atoms. The number of furan rings is 1. The summed E-state index contributed by atoms with van der Waals surface area (Å²) in [5, 5.41) is 20.9. The number of rotatable bonds is 4. The van der Waals surface area contributed by atoms with Crippen molar-refractivity contribution in [2.24, 2.45) is 0 Å². The molecule has 18 heavy (non-hydrogen) atoms. The van der Waals surface area contributed by atoms with E-state index < -0.39 is 11.9 Å². The van der Waals surface area contributed by atoms with Crippen LogP contribution < -0.4 is 11.1 Å². The number of aliphatic hydroxyl groups is 2. The van der Waals surface area contributed by atoms with Gasteiger partial charge in [0.15, 0.2) is 5.76 Å². The molecule has 0 unspecified atom stereocenters. The van der Waals surface area contributed by atoms with Crippen LogP contribution in [0.4, 0.5) is 5.69 Å². The number of amides is 1. The number of anilines is 1. The normalized spacial score (nSPS) is 11.1. The van der Waals surface area contributed by atoms with E-state index in [1.54, 1.807) is 24.3 Å². The Balaban J connectivity index is 2.23. The van der Waals surface area contributed by atoms with Gasteiger partial charge in [-0.05, 0) is 24.3 Å². The maximum absolute atomic E-state index is 11.8. The van der Waals surface area contributed by atoms with Gasteiger partial charge in [-0.2, -0.15) is 0 Å². The molecule has 0 fully saturated rings. The summed E-state index contributed by atoms with van der Waals surface area (Å²) in [6.07, 6.45) is 0. The average molecular weight is 250 g/mol. The minimum absolute atomic E-state index is 0.113. The summed E-state index contributed by atoms with van der Waals surface area (Å²) in [6.45, 7) is -0.676. The van der Waals surface area contributed by atoms with E-state index in [-0.39, 0.29) is 19.0 Å². The zero-order valence-electron chi connectivity index (χ0n) is 9.59. The third kappa shape index (κ3) is 2.44. The molecule has 96 valence electrons. The number of carbonyl (C=O) groups excluding carboxylic acids is 1. The van der Waals surface area contributed by atoms with E-state index in [1.165, 1.54) is 0 Å². The van der Waals surface area contributed by atoms with Crippen LogP contribution in [0.15, 0.2) is 28.7 Å². The SMILES string of the molecule is Nc1ccc2oc(C(=O)NC(CO)CO)cc2c1. The second-order valence-electron chi connectivity index (χ2n) is 3.94. The number of carbonyl (C=O) groups is 1. The molecule has 1 heterocycles. The first-order valence-corrected chi connectivity index (χ1v) is 5.45. The molecule has 0 aliphatic heterocycles. The quantitative estimate of drug-likeness (QED) is 0.575. The molecule has 6 nitrogen and oxygen atoms in total. The first kappa shape index (κ1) is 12.4. The fourth-order valence-corrected chi connectivity index (χ4v) is 1.58. The minimum atomic E-state index is -0.698. The van der Waals surface area contributed by atoms with Crippen molar-refractivity contribution >= 4 is 22.6 Å². The number of nitrogen functional groups attached to an aromatic ring is 1. The summed E-state index contributed by atoms with van der Waals surface area (Å²) in [5.41, 5.74) is 6.76. The van der Waals surface area contributed by atoms with Crippen molar-refractivity contribution in [1.82, 2.24) is 5.32 Å². The Morgan fingerprint density at radius 3 is 2.72 bits per heavy atom. The Kier molecular flexibility index (Phi) is 3.50. The highest BCUT2D eigenvalue weighted by atomic mass is 16.3. The fraction of sp³-hybridized carbons (Fsp3) is 0.250. The summed E-state index contributed by atoms with van der Waals surface area (Å²) in [4.78, 5) is 11.8. The van der Waals surface area contributed by atoms with Crippen LogP contribution in [0.25, 0.3) is 11.0 Å². The second-order valence-corrected chi connectivity index (χ2v) is 3.94. The molecule has 1 aromatic heterocycles. The van der Waals surface area contributed by atoms with Gasteiger partial charge in [-0.25, -0.2) is 0 Å². The molecular formula is C12H14N2O4. The lowest BCUT2D eigenvalue weighted by Crippen LogP contribution is -2.39. The molecule has 0 aliphatic rings. The van der Waals surface area contributed by atoms with E-state index in [0.29, 0.717) is 11.3 Å². The molecule has 2 rings (SSSR count). The maximum Gasteiger partial charge on any atom is 0.287 e. The zero-order valence-corrected chi connectivity index (χ0v) is 9.59. The molecule has 0 atom stereocenters. The fourth-order valence-electron chi connectivity index (χ4n) is 1.58. The molecule has 1 amide bonds. The molecule has 0 aliphatic carbocycles. The lowest BCUT2D eigenvalue weighted by atomic mass is 10.2. The molecule has 2 aromatic rings. The topological polar surface area (TPSA) is 109 Å². The minimum Gasteiger partial charge on any atom is -0.451 e. The molecule has 0 bridgehead atoms. The molecule has 0 radical (unpaired) electrons. The van der Waals surface area contributed by atoms with Gasteiger partial charge < -0.3 is 25.7 Å². The lowest BCUT2D eigenvalue weighted by Gasteiger charge is -2.11. The van der Waals surface area contributed by atoms with Crippen molar-refractivity contribution in [2.75, 3.05) is 18.9 Å². The van der Waals surface area contributed by atoms with Crippen molar-refractivity contribution in [3.63, 3.8) is 0 Å². The standard InChI is InChI=1S/C12H14N2O4/c13-8-1-2-10-7(3-8)4-11(18-10)12(17)14-9(5-15)6-16/h1-4,9,15-16H,5-6,13H2,(H,14,17). The Morgan fingerprint density at radius 2 is 2.06 bits per heavy atom. The van der Waals surface area contributed by atoms with Crippen LogP contribution in [0.2, 0.25) is 0 Å². The van der Waals surface area contributed by atoms with E-state index in [0.717, 1.165) is 5.39 Å². The highest BCUT2D eigenvalue weighted by molar-refractivity contribution is 5.96. The number of hydrogen-bond donors (Lipinski definition) is 4. The highest BCUT2D eigenvalue weighted by Crippen LogP contribution is 2.21. The lowest BCUT2D eigenvalue weighted by molar-refractivity contribution is 0.0854. The van der Waals surface area contributed by atoms with Crippen LogP contribution in [-0.2, 0) is 0 Å². The van der Waals surface area contributed by atoms with Crippen LogP contribution in [-0.4, -0.2) is 35.4 Å². The third-order valence-corrected chi connectivity index (χ3v) is 2.54.